The monoisotopic (exact) mass is 261 g/mol. The van der Waals surface area contributed by atoms with Crippen LogP contribution in [0.1, 0.15) is 57.2 Å². The molecule has 0 saturated heterocycles. The fourth-order valence-electron chi connectivity index (χ4n) is 2.74. The van der Waals surface area contributed by atoms with E-state index in [0.717, 1.165) is 12.3 Å². The molecule has 0 bridgehead atoms. The zero-order chi connectivity index (χ0) is 13.9. The van der Waals surface area contributed by atoms with Gasteiger partial charge in [0.15, 0.2) is 0 Å². The number of rotatable bonds is 4. The molecule has 1 aromatic carbocycles. The predicted octanol–water partition coefficient (Wildman–Crippen LogP) is 4.10. The van der Waals surface area contributed by atoms with E-state index >= 15 is 0 Å². The summed E-state index contributed by atoms with van der Waals surface area (Å²) < 4.78 is 5.36. The quantitative estimate of drug-likeness (QED) is 0.881. The molecule has 2 nitrogen and oxygen atoms in total. The van der Waals surface area contributed by atoms with Crippen LogP contribution in [-0.2, 0) is 6.42 Å². The SMILES string of the molecule is COc1ccc2c(c1)C(NCCC(C)(C)C)CCC2. The molecule has 1 aliphatic carbocycles. The van der Waals surface area contributed by atoms with Gasteiger partial charge in [-0.2, -0.15) is 0 Å². The maximum Gasteiger partial charge on any atom is 0.119 e. The molecule has 0 saturated carbocycles. The summed E-state index contributed by atoms with van der Waals surface area (Å²) in [6.45, 7) is 7.98. The van der Waals surface area contributed by atoms with Crippen molar-refractivity contribution in [1.29, 1.82) is 0 Å². The van der Waals surface area contributed by atoms with Crippen LogP contribution in [0.25, 0.3) is 0 Å². The van der Waals surface area contributed by atoms with Gasteiger partial charge in [-0.3, -0.25) is 0 Å². The third-order valence-corrected chi connectivity index (χ3v) is 3.93. The Labute approximate surface area is 117 Å². The molecule has 0 aliphatic heterocycles. The van der Waals surface area contributed by atoms with Crippen molar-refractivity contribution in [3.8, 4) is 5.75 Å². The summed E-state index contributed by atoms with van der Waals surface area (Å²) in [5, 5.41) is 3.73. The lowest BCUT2D eigenvalue weighted by molar-refractivity contribution is 0.345. The summed E-state index contributed by atoms with van der Waals surface area (Å²) in [5.41, 5.74) is 3.33. The topological polar surface area (TPSA) is 21.3 Å². The molecular formula is C17H27NO. The van der Waals surface area contributed by atoms with Crippen LogP contribution < -0.4 is 10.1 Å². The Morgan fingerprint density at radius 1 is 1.32 bits per heavy atom. The molecule has 1 N–H and O–H groups in total. The smallest absolute Gasteiger partial charge is 0.119 e. The summed E-state index contributed by atoms with van der Waals surface area (Å²) in [6.07, 6.45) is 4.94. The Bertz CT molecular complexity index is 420. The van der Waals surface area contributed by atoms with E-state index in [0.29, 0.717) is 11.5 Å². The molecular weight excluding hydrogens is 234 g/mol. The van der Waals surface area contributed by atoms with Crippen molar-refractivity contribution in [3.05, 3.63) is 29.3 Å². The highest BCUT2D eigenvalue weighted by Gasteiger charge is 2.21. The van der Waals surface area contributed by atoms with Gasteiger partial charge in [0, 0.05) is 6.04 Å². The Morgan fingerprint density at radius 2 is 2.11 bits per heavy atom. The van der Waals surface area contributed by atoms with Crippen molar-refractivity contribution in [3.63, 3.8) is 0 Å². The Balaban J connectivity index is 2.04. The first-order valence-electron chi connectivity index (χ1n) is 7.40. The average Bonchev–Trinajstić information content (AvgIpc) is 2.37. The zero-order valence-electron chi connectivity index (χ0n) is 12.8. The Hall–Kier alpha value is -1.02. The van der Waals surface area contributed by atoms with Gasteiger partial charge in [-0.1, -0.05) is 26.8 Å². The van der Waals surface area contributed by atoms with Crippen LogP contribution >= 0.6 is 0 Å². The molecule has 1 aliphatic rings. The van der Waals surface area contributed by atoms with E-state index < -0.39 is 0 Å². The Kier molecular flexibility index (Phi) is 4.51. The standard InChI is InChI=1S/C17H27NO/c1-17(2,3)10-11-18-16-7-5-6-13-8-9-14(19-4)12-15(13)16/h8-9,12,16,18H,5-7,10-11H2,1-4H3. The van der Waals surface area contributed by atoms with Crippen LogP contribution in [0.3, 0.4) is 0 Å². The number of hydrogen-bond donors (Lipinski definition) is 1. The van der Waals surface area contributed by atoms with Crippen molar-refractivity contribution in [2.24, 2.45) is 5.41 Å². The molecule has 0 fully saturated rings. The van der Waals surface area contributed by atoms with E-state index in [4.69, 9.17) is 4.74 Å². The molecule has 106 valence electrons. The third kappa shape index (κ3) is 3.97. The van der Waals surface area contributed by atoms with Crippen molar-refractivity contribution < 1.29 is 4.74 Å². The molecule has 1 unspecified atom stereocenters. The number of aryl methyl sites for hydroxylation is 1. The highest BCUT2D eigenvalue weighted by atomic mass is 16.5. The van der Waals surface area contributed by atoms with Gasteiger partial charge < -0.3 is 10.1 Å². The first-order valence-corrected chi connectivity index (χ1v) is 7.40. The number of ether oxygens (including phenoxy) is 1. The van der Waals surface area contributed by atoms with E-state index in [-0.39, 0.29) is 0 Å². The van der Waals surface area contributed by atoms with Crippen LogP contribution in [0.4, 0.5) is 0 Å². The van der Waals surface area contributed by atoms with Gasteiger partial charge in [-0.05, 0) is 60.9 Å². The van der Waals surface area contributed by atoms with Gasteiger partial charge >= 0.3 is 0 Å². The van der Waals surface area contributed by atoms with E-state index in [2.05, 4.69) is 44.3 Å². The predicted molar refractivity (Wildman–Crippen MR) is 80.7 cm³/mol. The lowest BCUT2D eigenvalue weighted by atomic mass is 9.87. The van der Waals surface area contributed by atoms with Crippen LogP contribution in [-0.4, -0.2) is 13.7 Å². The highest BCUT2D eigenvalue weighted by Crippen LogP contribution is 2.32. The zero-order valence-corrected chi connectivity index (χ0v) is 12.8. The molecule has 0 aromatic heterocycles. The molecule has 2 heteroatoms. The summed E-state index contributed by atoms with van der Waals surface area (Å²) in [7, 11) is 1.74. The third-order valence-electron chi connectivity index (χ3n) is 3.93. The molecule has 0 amide bonds. The van der Waals surface area contributed by atoms with E-state index in [9.17, 15) is 0 Å². The fraction of sp³-hybridized carbons (Fsp3) is 0.647. The van der Waals surface area contributed by atoms with E-state index in [1.54, 1.807) is 7.11 Å². The number of benzene rings is 1. The molecule has 0 spiro atoms. The number of methoxy groups -OCH3 is 1. The molecule has 0 heterocycles. The van der Waals surface area contributed by atoms with Crippen LogP contribution in [0.15, 0.2) is 18.2 Å². The lowest BCUT2D eigenvalue weighted by Gasteiger charge is -2.28. The van der Waals surface area contributed by atoms with Crippen LogP contribution in [0.5, 0.6) is 5.75 Å². The molecule has 2 rings (SSSR count). The van der Waals surface area contributed by atoms with Gasteiger partial charge in [-0.25, -0.2) is 0 Å². The van der Waals surface area contributed by atoms with Crippen molar-refractivity contribution >= 4 is 0 Å². The number of fused-ring (bicyclic) bond motifs is 1. The van der Waals surface area contributed by atoms with Crippen molar-refractivity contribution in [2.45, 2.75) is 52.5 Å². The summed E-state index contributed by atoms with van der Waals surface area (Å²) in [6, 6.07) is 7.02. The summed E-state index contributed by atoms with van der Waals surface area (Å²) in [5.74, 6) is 0.975. The summed E-state index contributed by atoms with van der Waals surface area (Å²) in [4.78, 5) is 0. The second-order valence-corrected chi connectivity index (χ2v) is 6.77. The van der Waals surface area contributed by atoms with Gasteiger partial charge in [0.2, 0.25) is 0 Å². The fourth-order valence-corrected chi connectivity index (χ4v) is 2.74. The second-order valence-electron chi connectivity index (χ2n) is 6.77. The second kappa shape index (κ2) is 5.96. The minimum atomic E-state index is 0.402. The Morgan fingerprint density at radius 3 is 2.79 bits per heavy atom. The normalized spacial score (nSPS) is 19.1. The molecule has 1 aromatic rings. The van der Waals surface area contributed by atoms with Gasteiger partial charge in [-0.15, -0.1) is 0 Å². The molecule has 1 atom stereocenters. The van der Waals surface area contributed by atoms with E-state index in [1.807, 2.05) is 0 Å². The largest absolute Gasteiger partial charge is 0.497 e. The van der Waals surface area contributed by atoms with Crippen LogP contribution in [0.2, 0.25) is 0 Å². The first-order chi connectivity index (χ1) is 8.99. The minimum Gasteiger partial charge on any atom is -0.497 e. The summed E-state index contributed by atoms with van der Waals surface area (Å²) >= 11 is 0. The minimum absolute atomic E-state index is 0.402. The van der Waals surface area contributed by atoms with Crippen molar-refractivity contribution in [1.82, 2.24) is 5.32 Å². The highest BCUT2D eigenvalue weighted by molar-refractivity contribution is 5.39. The molecule has 19 heavy (non-hydrogen) atoms. The van der Waals surface area contributed by atoms with Gasteiger partial charge in [0.05, 0.1) is 7.11 Å². The van der Waals surface area contributed by atoms with Gasteiger partial charge in [0.25, 0.3) is 0 Å². The van der Waals surface area contributed by atoms with Gasteiger partial charge in [0.1, 0.15) is 5.75 Å². The lowest BCUT2D eigenvalue weighted by Crippen LogP contribution is -2.28. The van der Waals surface area contributed by atoms with E-state index in [1.165, 1.54) is 36.8 Å². The number of hydrogen-bond acceptors (Lipinski definition) is 2. The number of nitrogens with one attached hydrogen (secondary N) is 1. The molecule has 0 radical (unpaired) electrons. The maximum atomic E-state index is 5.36. The van der Waals surface area contributed by atoms with Crippen molar-refractivity contribution in [2.75, 3.05) is 13.7 Å². The maximum absolute atomic E-state index is 5.36. The van der Waals surface area contributed by atoms with Crippen LogP contribution in [0, 0.1) is 5.41 Å². The first kappa shape index (κ1) is 14.4. The average molecular weight is 261 g/mol.